The van der Waals surface area contributed by atoms with E-state index in [2.05, 4.69) is 0 Å². The quantitative estimate of drug-likeness (QED) is 0.880. The molecule has 1 aromatic rings. The number of rotatable bonds is 5. The lowest BCUT2D eigenvalue weighted by Crippen LogP contribution is -2.13. The first-order valence-electron chi connectivity index (χ1n) is 5.64. The van der Waals surface area contributed by atoms with Crippen molar-refractivity contribution >= 4 is 11.6 Å². The third-order valence-electron chi connectivity index (χ3n) is 3.12. The van der Waals surface area contributed by atoms with Gasteiger partial charge in [-0.15, -0.1) is 0 Å². The van der Waals surface area contributed by atoms with Crippen molar-refractivity contribution in [2.45, 2.75) is 31.5 Å². The first-order valence-corrected chi connectivity index (χ1v) is 6.02. The molecule has 94 valence electrons. The summed E-state index contributed by atoms with van der Waals surface area (Å²) < 4.78 is 10.3. The van der Waals surface area contributed by atoms with Crippen LogP contribution in [0.15, 0.2) is 12.1 Å². The molecule has 0 spiro atoms. The normalized spacial score (nSPS) is 16.9. The van der Waals surface area contributed by atoms with Crippen molar-refractivity contribution in [3.63, 3.8) is 0 Å². The Balaban J connectivity index is 2.30. The van der Waals surface area contributed by atoms with Crippen LogP contribution >= 0.6 is 11.6 Å². The zero-order chi connectivity index (χ0) is 12.5. The Kier molecular flexibility index (Phi) is 3.61. The minimum Gasteiger partial charge on any atom is -0.495 e. The molecular formula is C13H17ClO3. The predicted molar refractivity (Wildman–Crippen MR) is 66.6 cm³/mol. The van der Waals surface area contributed by atoms with Gasteiger partial charge in [0.05, 0.1) is 24.3 Å². The van der Waals surface area contributed by atoms with Crippen LogP contribution in [0.3, 0.4) is 0 Å². The van der Waals surface area contributed by atoms with Gasteiger partial charge in [0.25, 0.3) is 0 Å². The molecular weight excluding hydrogens is 240 g/mol. The van der Waals surface area contributed by atoms with Crippen molar-refractivity contribution in [2.75, 3.05) is 14.2 Å². The van der Waals surface area contributed by atoms with Gasteiger partial charge in [0.1, 0.15) is 5.75 Å². The van der Waals surface area contributed by atoms with Gasteiger partial charge in [-0.3, -0.25) is 0 Å². The Morgan fingerprint density at radius 3 is 2.53 bits per heavy atom. The highest BCUT2D eigenvalue weighted by Gasteiger charge is 2.40. The van der Waals surface area contributed by atoms with Crippen molar-refractivity contribution in [1.29, 1.82) is 0 Å². The molecule has 1 saturated carbocycles. The Labute approximate surface area is 106 Å². The summed E-state index contributed by atoms with van der Waals surface area (Å²) in [5.74, 6) is 0.644. The fourth-order valence-corrected chi connectivity index (χ4v) is 2.19. The number of hydrogen-bond acceptors (Lipinski definition) is 3. The molecule has 0 aliphatic heterocycles. The van der Waals surface area contributed by atoms with Crippen molar-refractivity contribution < 1.29 is 14.6 Å². The molecule has 0 saturated heterocycles. The average molecular weight is 257 g/mol. The summed E-state index contributed by atoms with van der Waals surface area (Å²) in [7, 11) is 3.24. The van der Waals surface area contributed by atoms with Gasteiger partial charge in [-0.2, -0.15) is 0 Å². The summed E-state index contributed by atoms with van der Waals surface area (Å²) in [4.78, 5) is 0. The smallest absolute Gasteiger partial charge is 0.137 e. The lowest BCUT2D eigenvalue weighted by atomic mass is 10.0. The lowest BCUT2D eigenvalue weighted by Gasteiger charge is -2.15. The van der Waals surface area contributed by atoms with Gasteiger partial charge in [0, 0.05) is 13.5 Å². The number of hydrogen-bond donors (Lipinski definition) is 1. The second-order valence-corrected chi connectivity index (χ2v) is 5.00. The molecule has 0 heterocycles. The maximum Gasteiger partial charge on any atom is 0.137 e. The minimum absolute atomic E-state index is 0.499. The summed E-state index contributed by atoms with van der Waals surface area (Å²) in [5, 5.41) is 10.6. The second-order valence-electron chi connectivity index (χ2n) is 4.59. The van der Waals surface area contributed by atoms with Crippen LogP contribution in [-0.2, 0) is 17.8 Å². The third kappa shape index (κ3) is 2.92. The van der Waals surface area contributed by atoms with Crippen molar-refractivity contribution in [3.05, 3.63) is 28.3 Å². The molecule has 1 aromatic carbocycles. The minimum atomic E-state index is -0.527. The molecule has 0 atom stereocenters. The summed E-state index contributed by atoms with van der Waals surface area (Å²) in [6.45, 7) is 0.499. The van der Waals surface area contributed by atoms with Crippen molar-refractivity contribution in [1.82, 2.24) is 0 Å². The molecule has 1 aliphatic rings. The monoisotopic (exact) mass is 256 g/mol. The fraction of sp³-hybridized carbons (Fsp3) is 0.538. The van der Waals surface area contributed by atoms with Gasteiger partial charge in [-0.25, -0.2) is 0 Å². The maximum atomic E-state index is 9.98. The Bertz CT molecular complexity index is 413. The second kappa shape index (κ2) is 4.84. The van der Waals surface area contributed by atoms with E-state index in [0.29, 0.717) is 23.8 Å². The van der Waals surface area contributed by atoms with Crippen LogP contribution in [0.4, 0.5) is 0 Å². The van der Waals surface area contributed by atoms with Gasteiger partial charge in [-0.05, 0) is 36.1 Å². The number of ether oxygens (including phenoxy) is 2. The van der Waals surface area contributed by atoms with E-state index in [9.17, 15) is 5.11 Å². The van der Waals surface area contributed by atoms with Gasteiger partial charge in [0.15, 0.2) is 0 Å². The predicted octanol–water partition coefficient (Wildman–Crippen LogP) is 2.56. The van der Waals surface area contributed by atoms with E-state index < -0.39 is 5.60 Å². The number of methoxy groups -OCH3 is 2. The van der Waals surface area contributed by atoms with Gasteiger partial charge in [-0.1, -0.05) is 11.6 Å². The van der Waals surface area contributed by atoms with Crippen LogP contribution in [0, 0.1) is 0 Å². The molecule has 0 aromatic heterocycles. The van der Waals surface area contributed by atoms with E-state index in [1.54, 1.807) is 14.2 Å². The molecule has 1 aliphatic carbocycles. The summed E-state index contributed by atoms with van der Waals surface area (Å²) in [6, 6.07) is 3.75. The van der Waals surface area contributed by atoms with Gasteiger partial charge >= 0.3 is 0 Å². The Hall–Kier alpha value is -0.770. The topological polar surface area (TPSA) is 38.7 Å². The fourth-order valence-electron chi connectivity index (χ4n) is 1.92. The summed E-state index contributed by atoms with van der Waals surface area (Å²) >= 11 is 6.10. The molecule has 0 bridgehead atoms. The standard InChI is InChI=1S/C13H17ClO3/c1-16-8-10-6-12(17-2)11(14)5-9(10)7-13(15)3-4-13/h5-6,15H,3-4,7-8H2,1-2H3. The lowest BCUT2D eigenvalue weighted by molar-refractivity contribution is 0.148. The highest BCUT2D eigenvalue weighted by Crippen LogP contribution is 2.40. The van der Waals surface area contributed by atoms with E-state index in [1.807, 2.05) is 12.1 Å². The first-order chi connectivity index (χ1) is 8.08. The molecule has 17 heavy (non-hydrogen) atoms. The van der Waals surface area contributed by atoms with E-state index in [1.165, 1.54) is 0 Å². The van der Waals surface area contributed by atoms with Gasteiger partial charge in [0.2, 0.25) is 0 Å². The van der Waals surface area contributed by atoms with Crippen molar-refractivity contribution in [3.8, 4) is 5.75 Å². The molecule has 1 fully saturated rings. The highest BCUT2D eigenvalue weighted by atomic mass is 35.5. The maximum absolute atomic E-state index is 9.98. The molecule has 3 nitrogen and oxygen atoms in total. The van der Waals surface area contributed by atoms with E-state index >= 15 is 0 Å². The van der Waals surface area contributed by atoms with Crippen molar-refractivity contribution in [2.24, 2.45) is 0 Å². The van der Waals surface area contributed by atoms with Crippen LogP contribution in [0.1, 0.15) is 24.0 Å². The van der Waals surface area contributed by atoms with E-state index in [4.69, 9.17) is 21.1 Å². The summed E-state index contributed by atoms with van der Waals surface area (Å²) in [5.41, 5.74) is 1.53. The van der Waals surface area contributed by atoms with Crippen LogP contribution in [0.5, 0.6) is 5.75 Å². The zero-order valence-electron chi connectivity index (χ0n) is 10.1. The van der Waals surface area contributed by atoms with E-state index in [0.717, 1.165) is 24.0 Å². The highest BCUT2D eigenvalue weighted by molar-refractivity contribution is 6.32. The average Bonchev–Trinajstić information content (AvgIpc) is 3.00. The van der Waals surface area contributed by atoms with Crippen LogP contribution in [-0.4, -0.2) is 24.9 Å². The third-order valence-corrected chi connectivity index (χ3v) is 3.42. The summed E-state index contributed by atoms with van der Waals surface area (Å²) in [6.07, 6.45) is 2.36. The Morgan fingerprint density at radius 1 is 1.29 bits per heavy atom. The van der Waals surface area contributed by atoms with Gasteiger partial charge < -0.3 is 14.6 Å². The molecule has 0 unspecified atom stereocenters. The molecule has 0 amide bonds. The molecule has 2 rings (SSSR count). The van der Waals surface area contributed by atoms with Crippen LogP contribution in [0.25, 0.3) is 0 Å². The number of benzene rings is 1. The first kappa shape index (κ1) is 12.7. The SMILES string of the molecule is COCc1cc(OC)c(Cl)cc1CC1(O)CC1. The van der Waals surface area contributed by atoms with Crippen LogP contribution in [0.2, 0.25) is 5.02 Å². The molecule has 0 radical (unpaired) electrons. The van der Waals surface area contributed by atoms with Crippen LogP contribution < -0.4 is 4.74 Å². The Morgan fingerprint density at radius 2 is 2.00 bits per heavy atom. The molecule has 1 N–H and O–H groups in total. The zero-order valence-corrected chi connectivity index (χ0v) is 10.9. The van der Waals surface area contributed by atoms with E-state index in [-0.39, 0.29) is 0 Å². The largest absolute Gasteiger partial charge is 0.495 e. The number of halogens is 1. The number of aliphatic hydroxyl groups is 1. The molecule has 4 heteroatoms.